The minimum Gasteiger partial charge on any atom is -0.465 e. The fourth-order valence-electron chi connectivity index (χ4n) is 2.41. The maximum Gasteiger partial charge on any atom is 0.338 e. The van der Waals surface area contributed by atoms with Crippen LogP contribution in [0, 0.1) is 6.92 Å². The minimum absolute atomic E-state index is 0.0452. The van der Waals surface area contributed by atoms with E-state index in [1.165, 1.54) is 7.11 Å². The van der Waals surface area contributed by atoms with Crippen molar-refractivity contribution in [2.45, 2.75) is 20.3 Å². The molecule has 19 heavy (non-hydrogen) atoms. The maximum absolute atomic E-state index is 12.1. The molecule has 0 aromatic heterocycles. The zero-order valence-corrected chi connectivity index (χ0v) is 11.3. The first-order chi connectivity index (χ1) is 9.11. The van der Waals surface area contributed by atoms with E-state index in [0.717, 1.165) is 11.1 Å². The van der Waals surface area contributed by atoms with Crippen LogP contribution in [0.4, 0.5) is 0 Å². The molecule has 0 unspecified atom stereocenters. The van der Waals surface area contributed by atoms with Crippen LogP contribution in [0.15, 0.2) is 30.3 Å². The van der Waals surface area contributed by atoms with Crippen molar-refractivity contribution >= 4 is 11.8 Å². The highest BCUT2D eigenvalue weighted by Gasteiger charge is 2.27. The van der Waals surface area contributed by atoms with Gasteiger partial charge in [0.1, 0.15) is 0 Å². The first-order valence-corrected chi connectivity index (χ1v) is 6.24. The van der Waals surface area contributed by atoms with Gasteiger partial charge >= 0.3 is 5.97 Å². The van der Waals surface area contributed by atoms with Crippen LogP contribution in [-0.2, 0) is 4.74 Å². The van der Waals surface area contributed by atoms with Crippen LogP contribution in [0.3, 0.4) is 0 Å². The molecule has 0 N–H and O–H groups in total. The van der Waals surface area contributed by atoms with Gasteiger partial charge in [-0.1, -0.05) is 37.3 Å². The Kier molecular flexibility index (Phi) is 3.65. The van der Waals surface area contributed by atoms with Gasteiger partial charge in [0, 0.05) is 12.0 Å². The Balaban J connectivity index is 2.82. The fraction of sp³-hybridized carbons (Fsp3) is 0.250. The molecule has 0 amide bonds. The van der Waals surface area contributed by atoms with E-state index in [-0.39, 0.29) is 5.78 Å². The summed E-state index contributed by atoms with van der Waals surface area (Å²) in [6, 6.07) is 9.32. The summed E-state index contributed by atoms with van der Waals surface area (Å²) in [7, 11) is 1.35. The van der Waals surface area contributed by atoms with Gasteiger partial charge in [-0.15, -0.1) is 0 Å². The van der Waals surface area contributed by atoms with E-state index >= 15 is 0 Å². The van der Waals surface area contributed by atoms with E-state index < -0.39 is 5.97 Å². The third kappa shape index (κ3) is 2.12. The zero-order valence-electron chi connectivity index (χ0n) is 11.3. The molecule has 0 radical (unpaired) electrons. The lowest BCUT2D eigenvalue weighted by molar-refractivity contribution is 0.0601. The molecular formula is C16H16O3. The molecule has 0 spiro atoms. The average molecular weight is 256 g/mol. The Hall–Kier alpha value is -2.16. The summed E-state index contributed by atoms with van der Waals surface area (Å²) in [5.41, 5.74) is 3.42. The van der Waals surface area contributed by atoms with Crippen molar-refractivity contribution in [3.8, 4) is 11.1 Å². The third-order valence-corrected chi connectivity index (χ3v) is 3.32. The lowest BCUT2D eigenvalue weighted by Gasteiger charge is -2.00. The van der Waals surface area contributed by atoms with Gasteiger partial charge in [-0.3, -0.25) is 4.79 Å². The van der Waals surface area contributed by atoms with Gasteiger partial charge in [0.2, 0.25) is 0 Å². The minimum atomic E-state index is -0.399. The third-order valence-electron chi connectivity index (χ3n) is 3.32. The van der Waals surface area contributed by atoms with Crippen LogP contribution in [0.5, 0.6) is 0 Å². The van der Waals surface area contributed by atoms with Gasteiger partial charge in [-0.05, 0) is 23.6 Å². The predicted octanol–water partition coefficient (Wildman–Crippen LogP) is 3.48. The van der Waals surface area contributed by atoms with E-state index in [0.29, 0.717) is 23.1 Å². The monoisotopic (exact) mass is 256 g/mol. The molecule has 0 aliphatic heterocycles. The number of rotatable bonds is 3. The van der Waals surface area contributed by atoms with Crippen molar-refractivity contribution in [1.82, 2.24) is 0 Å². The predicted molar refractivity (Wildman–Crippen MR) is 73.8 cm³/mol. The summed E-state index contributed by atoms with van der Waals surface area (Å²) in [5, 5.41) is 0. The zero-order chi connectivity index (χ0) is 14.0. The van der Waals surface area contributed by atoms with Gasteiger partial charge in [-0.2, -0.15) is 0 Å². The molecular weight excluding hydrogens is 240 g/mol. The van der Waals surface area contributed by atoms with Crippen LogP contribution >= 0.6 is 0 Å². The molecule has 98 valence electrons. The molecule has 2 rings (SSSR count). The number of Topliss-reactive ketones (excluding diaryl/α,β-unsaturated/α-hetero) is 1. The quantitative estimate of drug-likeness (QED) is 0.623. The molecule has 0 aromatic carbocycles. The Bertz CT molecular complexity index is 563. The second kappa shape index (κ2) is 5.22. The summed E-state index contributed by atoms with van der Waals surface area (Å²) in [5.74, 6) is -0.354. The Morgan fingerprint density at radius 1 is 1.05 bits per heavy atom. The van der Waals surface area contributed by atoms with Crippen LogP contribution in [0.2, 0.25) is 0 Å². The van der Waals surface area contributed by atoms with Crippen LogP contribution in [-0.4, -0.2) is 18.9 Å². The lowest BCUT2D eigenvalue weighted by Crippen LogP contribution is -2.03. The summed E-state index contributed by atoms with van der Waals surface area (Å²) >= 11 is 0. The van der Waals surface area contributed by atoms with E-state index in [9.17, 15) is 9.59 Å². The highest BCUT2D eigenvalue weighted by molar-refractivity contribution is 6.12. The Morgan fingerprint density at radius 3 is 2.16 bits per heavy atom. The highest BCUT2D eigenvalue weighted by atomic mass is 16.5. The standard InChI is InChI=1S/C16H16O3/c1-4-13(17)14-10(2)15(16(18)19-3)12-9-7-5-6-8-11(12)14/h5-9H,4H2,1-3H3. The number of ketones is 1. The summed E-state index contributed by atoms with van der Waals surface area (Å²) < 4.78 is 4.83. The van der Waals surface area contributed by atoms with Gasteiger partial charge in [0.05, 0.1) is 12.7 Å². The summed E-state index contributed by atoms with van der Waals surface area (Å²) in [6.07, 6.45) is 0.416. The van der Waals surface area contributed by atoms with Crippen molar-refractivity contribution < 1.29 is 14.3 Å². The fourth-order valence-corrected chi connectivity index (χ4v) is 2.41. The molecule has 0 saturated heterocycles. The SMILES string of the molecule is CCC(=O)c1c2cccccc-2c(C(=O)OC)c1C. The van der Waals surface area contributed by atoms with Crippen molar-refractivity contribution in [3.05, 3.63) is 47.0 Å². The number of hydrogen-bond donors (Lipinski definition) is 0. The molecule has 0 fully saturated rings. The smallest absolute Gasteiger partial charge is 0.338 e. The number of methoxy groups -OCH3 is 1. The molecule has 2 aliphatic carbocycles. The van der Waals surface area contributed by atoms with Crippen molar-refractivity contribution in [2.75, 3.05) is 7.11 Å². The highest BCUT2D eigenvalue weighted by Crippen LogP contribution is 2.37. The van der Waals surface area contributed by atoms with Crippen LogP contribution in [0.1, 0.15) is 39.6 Å². The first-order valence-electron chi connectivity index (χ1n) is 6.24. The largest absolute Gasteiger partial charge is 0.465 e. The van der Waals surface area contributed by atoms with Crippen LogP contribution in [0.25, 0.3) is 11.1 Å². The number of esters is 1. The molecule has 3 heteroatoms. The summed E-state index contributed by atoms with van der Waals surface area (Å²) in [6.45, 7) is 3.62. The van der Waals surface area contributed by atoms with Gasteiger partial charge in [-0.25, -0.2) is 4.79 Å². The number of ether oxygens (including phenoxy) is 1. The molecule has 0 heterocycles. The van der Waals surface area contributed by atoms with Crippen molar-refractivity contribution in [2.24, 2.45) is 0 Å². The molecule has 0 saturated carbocycles. The molecule has 0 aromatic rings. The molecule has 3 nitrogen and oxygen atoms in total. The first kappa shape index (κ1) is 13.3. The maximum atomic E-state index is 12.1. The molecule has 0 atom stereocenters. The molecule has 2 aliphatic rings. The van der Waals surface area contributed by atoms with Gasteiger partial charge < -0.3 is 4.74 Å². The topological polar surface area (TPSA) is 43.4 Å². The second-order valence-electron chi connectivity index (χ2n) is 4.38. The van der Waals surface area contributed by atoms with E-state index in [4.69, 9.17) is 4.74 Å². The van der Waals surface area contributed by atoms with Gasteiger partial charge in [0.25, 0.3) is 0 Å². The van der Waals surface area contributed by atoms with Crippen molar-refractivity contribution in [1.29, 1.82) is 0 Å². The van der Waals surface area contributed by atoms with E-state index in [1.54, 1.807) is 6.92 Å². The Morgan fingerprint density at radius 2 is 1.63 bits per heavy atom. The van der Waals surface area contributed by atoms with Crippen LogP contribution < -0.4 is 0 Å². The van der Waals surface area contributed by atoms with E-state index in [2.05, 4.69) is 0 Å². The second-order valence-corrected chi connectivity index (χ2v) is 4.38. The number of fused-ring (bicyclic) bond motifs is 1. The lowest BCUT2D eigenvalue weighted by atomic mass is 10.0. The molecule has 0 bridgehead atoms. The normalized spacial score (nSPS) is 10.5. The summed E-state index contributed by atoms with van der Waals surface area (Å²) in [4.78, 5) is 24.1. The number of hydrogen-bond acceptors (Lipinski definition) is 3. The average Bonchev–Trinajstić information content (AvgIpc) is 2.58. The number of carbonyl (C=O) groups is 2. The van der Waals surface area contributed by atoms with E-state index in [1.807, 2.05) is 37.3 Å². The number of carbonyl (C=O) groups excluding carboxylic acids is 2. The Labute approximate surface area is 112 Å². The van der Waals surface area contributed by atoms with Gasteiger partial charge in [0.15, 0.2) is 5.78 Å². The van der Waals surface area contributed by atoms with Crippen molar-refractivity contribution in [3.63, 3.8) is 0 Å².